The van der Waals surface area contributed by atoms with Crippen LogP contribution < -0.4 is 9.47 Å². The van der Waals surface area contributed by atoms with Gasteiger partial charge in [0, 0.05) is 0 Å². The molecule has 0 aliphatic carbocycles. The molecule has 0 saturated carbocycles. The van der Waals surface area contributed by atoms with Crippen LogP contribution in [-0.4, -0.2) is 0 Å². The van der Waals surface area contributed by atoms with Gasteiger partial charge >= 0.3 is 0 Å². The zero-order chi connectivity index (χ0) is 29.1. The molecule has 194 valence electrons. The summed E-state index contributed by atoms with van der Waals surface area (Å²) in [4.78, 5) is 0. The van der Waals surface area contributed by atoms with E-state index in [1.807, 2.05) is 39.8 Å². The van der Waals surface area contributed by atoms with Crippen molar-refractivity contribution >= 4 is 0 Å². The molecular weight excluding hydrogens is 496 g/mol. The first-order chi connectivity index (χ1) is 19.1. The summed E-state index contributed by atoms with van der Waals surface area (Å²) >= 11 is 0. The number of ether oxygens (including phenoxy) is 2. The SMILES string of the molecule is Cc1cc(-c2cc(C)c(Oc3ccc(C#N)c(C#N)c3)c(C)c2C)c(C)c(C)c1Oc1ccc(C#N)c(C#N)c1. The molecule has 0 heterocycles. The summed E-state index contributed by atoms with van der Waals surface area (Å²) in [6.07, 6.45) is 0. The van der Waals surface area contributed by atoms with Crippen LogP contribution in [-0.2, 0) is 0 Å². The smallest absolute Gasteiger partial charge is 0.133 e. The largest absolute Gasteiger partial charge is 0.457 e. The second-order valence-corrected chi connectivity index (χ2v) is 9.71. The number of rotatable bonds is 5. The van der Waals surface area contributed by atoms with Gasteiger partial charge in [-0.15, -0.1) is 0 Å². The molecule has 0 amide bonds. The fourth-order valence-electron chi connectivity index (χ4n) is 4.78. The van der Waals surface area contributed by atoms with Gasteiger partial charge in [0.25, 0.3) is 0 Å². The lowest BCUT2D eigenvalue weighted by Crippen LogP contribution is -2.01. The third-order valence-electron chi connectivity index (χ3n) is 7.25. The maximum atomic E-state index is 9.38. The zero-order valence-electron chi connectivity index (χ0n) is 23.2. The van der Waals surface area contributed by atoms with Gasteiger partial charge in [0.05, 0.1) is 22.3 Å². The van der Waals surface area contributed by atoms with Crippen LogP contribution in [0.1, 0.15) is 55.6 Å². The summed E-state index contributed by atoms with van der Waals surface area (Å²) < 4.78 is 12.5. The van der Waals surface area contributed by atoms with Crippen LogP contribution >= 0.6 is 0 Å². The Morgan fingerprint density at radius 3 is 1.12 bits per heavy atom. The molecule has 0 atom stereocenters. The van der Waals surface area contributed by atoms with Gasteiger partial charge in [-0.3, -0.25) is 0 Å². The molecule has 40 heavy (non-hydrogen) atoms. The lowest BCUT2D eigenvalue weighted by molar-refractivity contribution is 0.474. The topological polar surface area (TPSA) is 114 Å². The maximum absolute atomic E-state index is 9.38. The van der Waals surface area contributed by atoms with Gasteiger partial charge in [0.2, 0.25) is 0 Å². The van der Waals surface area contributed by atoms with Crippen LogP contribution in [0, 0.1) is 86.9 Å². The molecule has 4 aromatic carbocycles. The maximum Gasteiger partial charge on any atom is 0.133 e. The van der Waals surface area contributed by atoms with Crippen LogP contribution in [0.4, 0.5) is 0 Å². The van der Waals surface area contributed by atoms with Crippen molar-refractivity contribution in [3.05, 3.63) is 104 Å². The molecule has 0 saturated heterocycles. The standard InChI is InChI=1S/C34H26N4O2/c1-19-11-31(21(3)23(5)33(19)39-29-9-7-25(15-35)27(13-29)17-37)32-12-20(2)34(24(6)22(32)4)40-30-10-8-26(16-36)28(14-30)18-38/h7-14H,1-6H3. The molecule has 0 aromatic heterocycles. The molecule has 4 rings (SSSR count). The van der Waals surface area contributed by atoms with Gasteiger partial charge in [-0.05, 0) is 135 Å². The van der Waals surface area contributed by atoms with Crippen molar-refractivity contribution in [3.8, 4) is 58.4 Å². The Hall–Kier alpha value is -5.56. The van der Waals surface area contributed by atoms with Crippen LogP contribution in [0.15, 0.2) is 48.5 Å². The minimum Gasteiger partial charge on any atom is -0.457 e. The number of aryl methyl sites for hydroxylation is 2. The van der Waals surface area contributed by atoms with E-state index in [9.17, 15) is 21.0 Å². The summed E-state index contributed by atoms with van der Waals surface area (Å²) in [5.41, 5.74) is 9.32. The molecule has 4 aromatic rings. The Morgan fingerprint density at radius 2 is 0.800 bits per heavy atom. The van der Waals surface area contributed by atoms with E-state index in [1.54, 1.807) is 36.4 Å². The Balaban J connectivity index is 1.74. The molecule has 6 heteroatoms. The van der Waals surface area contributed by atoms with E-state index in [0.29, 0.717) is 22.6 Å². The first kappa shape index (κ1) is 27.5. The van der Waals surface area contributed by atoms with Crippen LogP contribution in [0.2, 0.25) is 0 Å². The van der Waals surface area contributed by atoms with Crippen molar-refractivity contribution in [3.63, 3.8) is 0 Å². The Bertz CT molecular complexity index is 1720. The van der Waals surface area contributed by atoms with E-state index < -0.39 is 0 Å². The van der Waals surface area contributed by atoms with Crippen molar-refractivity contribution in [1.82, 2.24) is 0 Å². The highest BCUT2D eigenvalue weighted by molar-refractivity contribution is 5.77. The highest BCUT2D eigenvalue weighted by Gasteiger charge is 2.19. The third kappa shape index (κ3) is 4.96. The predicted octanol–water partition coefficient (Wildman–Crippen LogP) is 8.28. The van der Waals surface area contributed by atoms with Crippen molar-refractivity contribution in [2.75, 3.05) is 0 Å². The van der Waals surface area contributed by atoms with E-state index in [0.717, 1.165) is 56.0 Å². The quantitative estimate of drug-likeness (QED) is 0.260. The third-order valence-corrected chi connectivity index (χ3v) is 7.25. The van der Waals surface area contributed by atoms with Gasteiger partial charge in [-0.25, -0.2) is 0 Å². The van der Waals surface area contributed by atoms with Gasteiger partial charge < -0.3 is 9.47 Å². The van der Waals surface area contributed by atoms with Gasteiger partial charge in [0.1, 0.15) is 47.3 Å². The molecule has 0 aliphatic heterocycles. The second-order valence-electron chi connectivity index (χ2n) is 9.71. The second kappa shape index (κ2) is 11.0. The summed E-state index contributed by atoms with van der Waals surface area (Å²) in [7, 11) is 0. The van der Waals surface area contributed by atoms with Crippen molar-refractivity contribution in [2.45, 2.75) is 41.5 Å². The first-order valence-electron chi connectivity index (χ1n) is 12.6. The highest BCUT2D eigenvalue weighted by Crippen LogP contribution is 2.42. The normalized spacial score (nSPS) is 10.2. The lowest BCUT2D eigenvalue weighted by atomic mass is 9.88. The van der Waals surface area contributed by atoms with Crippen molar-refractivity contribution in [2.24, 2.45) is 0 Å². The molecule has 0 bridgehead atoms. The average Bonchev–Trinajstić information content (AvgIpc) is 2.96. The monoisotopic (exact) mass is 522 g/mol. The molecule has 0 N–H and O–H groups in total. The molecule has 6 nitrogen and oxygen atoms in total. The first-order valence-corrected chi connectivity index (χ1v) is 12.6. The van der Waals surface area contributed by atoms with Crippen LogP contribution in [0.5, 0.6) is 23.0 Å². The molecule has 0 aliphatic rings. The van der Waals surface area contributed by atoms with E-state index >= 15 is 0 Å². The lowest BCUT2D eigenvalue weighted by Gasteiger charge is -2.21. The van der Waals surface area contributed by atoms with E-state index in [4.69, 9.17) is 9.47 Å². The van der Waals surface area contributed by atoms with Gasteiger partial charge in [-0.2, -0.15) is 21.0 Å². The van der Waals surface area contributed by atoms with Crippen molar-refractivity contribution in [1.29, 1.82) is 21.0 Å². The van der Waals surface area contributed by atoms with Crippen molar-refractivity contribution < 1.29 is 9.47 Å². The van der Waals surface area contributed by atoms with Crippen LogP contribution in [0.25, 0.3) is 11.1 Å². The van der Waals surface area contributed by atoms with Gasteiger partial charge in [-0.1, -0.05) is 0 Å². The fraction of sp³-hybridized carbons (Fsp3) is 0.176. The highest BCUT2D eigenvalue weighted by atomic mass is 16.5. The summed E-state index contributed by atoms with van der Waals surface area (Å²) in [6.45, 7) is 12.1. The molecule has 0 unspecified atom stereocenters. The minimum absolute atomic E-state index is 0.275. The Morgan fingerprint density at radius 1 is 0.450 bits per heavy atom. The molecular formula is C34H26N4O2. The molecule has 0 fully saturated rings. The molecule has 0 spiro atoms. The number of benzene rings is 4. The number of nitriles is 4. The van der Waals surface area contributed by atoms with E-state index in [2.05, 4.69) is 38.1 Å². The fourth-order valence-corrected chi connectivity index (χ4v) is 4.78. The minimum atomic E-state index is 0.275. The molecule has 0 radical (unpaired) electrons. The number of hydrogen-bond donors (Lipinski definition) is 0. The predicted molar refractivity (Wildman–Crippen MR) is 152 cm³/mol. The van der Waals surface area contributed by atoms with Crippen LogP contribution in [0.3, 0.4) is 0 Å². The summed E-state index contributed by atoms with van der Waals surface area (Å²) in [5, 5.41) is 37.2. The summed E-state index contributed by atoms with van der Waals surface area (Å²) in [6, 6.07) is 22.1. The Labute approximate surface area is 234 Å². The summed E-state index contributed by atoms with van der Waals surface area (Å²) in [5.74, 6) is 2.44. The Kier molecular flexibility index (Phi) is 7.59. The zero-order valence-corrected chi connectivity index (χ0v) is 23.2. The van der Waals surface area contributed by atoms with E-state index in [1.165, 1.54) is 0 Å². The van der Waals surface area contributed by atoms with Gasteiger partial charge in [0.15, 0.2) is 0 Å². The number of nitrogens with zero attached hydrogens (tertiary/aromatic N) is 4. The average molecular weight is 523 g/mol. The number of hydrogen-bond acceptors (Lipinski definition) is 6. The van der Waals surface area contributed by atoms with E-state index in [-0.39, 0.29) is 11.1 Å².